The third kappa shape index (κ3) is 2.51. The molecule has 0 saturated carbocycles. The van der Waals surface area contributed by atoms with Gasteiger partial charge >= 0.3 is 5.63 Å². The first-order valence-corrected chi connectivity index (χ1v) is 7.53. The van der Waals surface area contributed by atoms with E-state index in [-0.39, 0.29) is 17.1 Å². The highest BCUT2D eigenvalue weighted by atomic mass is 16.4. The van der Waals surface area contributed by atoms with Crippen LogP contribution in [0, 0.1) is 0 Å². The summed E-state index contributed by atoms with van der Waals surface area (Å²) in [5.74, 6) is 0.459. The number of carbonyl (C=O) groups is 1. The first kappa shape index (κ1) is 14.9. The minimum atomic E-state index is -0.605. The number of pyridine rings is 1. The van der Waals surface area contributed by atoms with E-state index in [1.165, 1.54) is 6.92 Å². The summed E-state index contributed by atoms with van der Waals surface area (Å²) in [5.41, 5.74) is 0.643. The van der Waals surface area contributed by atoms with Gasteiger partial charge in [0.25, 0.3) is 0 Å². The summed E-state index contributed by atoms with van der Waals surface area (Å²) in [4.78, 5) is 37.0. The van der Waals surface area contributed by atoms with Crippen molar-refractivity contribution in [1.29, 1.82) is 0 Å². The van der Waals surface area contributed by atoms with E-state index in [0.717, 1.165) is 0 Å². The number of fused-ring (bicyclic) bond motifs is 1. The summed E-state index contributed by atoms with van der Waals surface area (Å²) in [7, 11) is 0. The maximum atomic E-state index is 12.5. The van der Waals surface area contributed by atoms with Crippen molar-refractivity contribution in [3.63, 3.8) is 0 Å². The van der Waals surface area contributed by atoms with Gasteiger partial charge in [-0.1, -0.05) is 12.1 Å². The second kappa shape index (κ2) is 5.79. The summed E-state index contributed by atoms with van der Waals surface area (Å²) in [6.45, 7) is 1.40. The smallest absolute Gasteiger partial charge is 0.347 e. The van der Waals surface area contributed by atoms with Crippen LogP contribution in [0.25, 0.3) is 28.2 Å². The predicted molar refractivity (Wildman–Crippen MR) is 90.6 cm³/mol. The summed E-state index contributed by atoms with van der Waals surface area (Å²) in [6.07, 6.45) is 6.59. The SMILES string of the molecule is CC(=O)c1cccc2nc(-c3cccnc3-n3ccnc3)oc(=O)c12. The van der Waals surface area contributed by atoms with Crippen LogP contribution in [-0.2, 0) is 0 Å². The summed E-state index contributed by atoms with van der Waals surface area (Å²) in [5, 5.41) is 0.187. The van der Waals surface area contributed by atoms with Crippen LogP contribution in [0.15, 0.2) is 64.5 Å². The molecule has 122 valence electrons. The van der Waals surface area contributed by atoms with Gasteiger partial charge in [0.15, 0.2) is 11.6 Å². The van der Waals surface area contributed by atoms with E-state index in [9.17, 15) is 9.59 Å². The Labute approximate surface area is 141 Å². The quantitative estimate of drug-likeness (QED) is 0.536. The standard InChI is InChI=1S/C18H12N4O3/c1-11(23)12-4-2-6-14-15(12)18(24)25-17(21-14)13-5-3-7-20-16(13)22-9-8-19-10-22/h2-10H,1H3. The zero-order valence-electron chi connectivity index (χ0n) is 13.2. The van der Waals surface area contributed by atoms with Gasteiger partial charge in [0.1, 0.15) is 6.33 Å². The number of hydrogen-bond acceptors (Lipinski definition) is 6. The first-order valence-electron chi connectivity index (χ1n) is 7.53. The van der Waals surface area contributed by atoms with Crippen LogP contribution in [0.4, 0.5) is 0 Å². The van der Waals surface area contributed by atoms with Gasteiger partial charge in [-0.3, -0.25) is 9.36 Å². The second-order valence-electron chi connectivity index (χ2n) is 5.41. The van der Waals surface area contributed by atoms with Crippen molar-refractivity contribution >= 4 is 16.7 Å². The summed E-state index contributed by atoms with van der Waals surface area (Å²) < 4.78 is 7.12. The Morgan fingerprint density at radius 1 is 1.16 bits per heavy atom. The Morgan fingerprint density at radius 2 is 2.04 bits per heavy atom. The first-order chi connectivity index (χ1) is 12.1. The van der Waals surface area contributed by atoms with Gasteiger partial charge in [-0.05, 0) is 25.1 Å². The number of ketones is 1. The molecule has 0 fully saturated rings. The maximum Gasteiger partial charge on any atom is 0.347 e. The van der Waals surface area contributed by atoms with E-state index in [1.54, 1.807) is 59.8 Å². The van der Waals surface area contributed by atoms with Crippen LogP contribution >= 0.6 is 0 Å². The Hall–Kier alpha value is -3.61. The van der Waals surface area contributed by atoms with Gasteiger partial charge in [-0.25, -0.2) is 19.7 Å². The van der Waals surface area contributed by atoms with E-state index in [2.05, 4.69) is 15.0 Å². The van der Waals surface area contributed by atoms with Gasteiger partial charge in [-0.15, -0.1) is 0 Å². The van der Waals surface area contributed by atoms with Gasteiger partial charge in [0.2, 0.25) is 5.89 Å². The van der Waals surface area contributed by atoms with E-state index in [1.807, 2.05) is 0 Å². The third-order valence-corrected chi connectivity index (χ3v) is 3.80. The fourth-order valence-electron chi connectivity index (χ4n) is 2.68. The Balaban J connectivity index is 1.99. The van der Waals surface area contributed by atoms with Crippen LogP contribution < -0.4 is 5.63 Å². The number of benzene rings is 1. The fourth-order valence-corrected chi connectivity index (χ4v) is 2.68. The van der Waals surface area contributed by atoms with Crippen molar-refractivity contribution in [3.05, 3.63) is 71.2 Å². The van der Waals surface area contributed by atoms with Crippen LogP contribution in [0.5, 0.6) is 0 Å². The van der Waals surface area contributed by atoms with Crippen molar-refractivity contribution in [2.24, 2.45) is 0 Å². The molecule has 1 aromatic carbocycles. The number of rotatable bonds is 3. The number of nitrogens with zero attached hydrogens (tertiary/aromatic N) is 4. The van der Waals surface area contributed by atoms with Crippen molar-refractivity contribution < 1.29 is 9.21 Å². The number of carbonyl (C=O) groups excluding carboxylic acids is 1. The lowest BCUT2D eigenvalue weighted by Crippen LogP contribution is -2.09. The molecule has 4 rings (SSSR count). The highest BCUT2D eigenvalue weighted by Crippen LogP contribution is 2.24. The molecule has 0 spiro atoms. The molecular formula is C18H12N4O3. The molecule has 0 amide bonds. The zero-order chi connectivity index (χ0) is 17.4. The topological polar surface area (TPSA) is 90.9 Å². The molecule has 0 radical (unpaired) electrons. The molecule has 0 atom stereocenters. The van der Waals surface area contributed by atoms with Gasteiger partial charge in [-0.2, -0.15) is 0 Å². The highest BCUT2D eigenvalue weighted by molar-refractivity contribution is 6.05. The van der Waals surface area contributed by atoms with Crippen LogP contribution in [0.3, 0.4) is 0 Å². The van der Waals surface area contributed by atoms with Crippen molar-refractivity contribution in [2.45, 2.75) is 6.92 Å². The number of Topliss-reactive ketones (excluding diaryl/α,β-unsaturated/α-hetero) is 1. The lowest BCUT2D eigenvalue weighted by atomic mass is 10.1. The van der Waals surface area contributed by atoms with Crippen LogP contribution in [0.2, 0.25) is 0 Å². The molecule has 7 nitrogen and oxygen atoms in total. The zero-order valence-corrected chi connectivity index (χ0v) is 13.2. The molecule has 3 aromatic heterocycles. The van der Waals surface area contributed by atoms with Crippen LogP contribution in [-0.4, -0.2) is 25.3 Å². The molecule has 7 heteroatoms. The molecule has 0 aliphatic carbocycles. The Morgan fingerprint density at radius 3 is 2.80 bits per heavy atom. The Kier molecular flexibility index (Phi) is 3.46. The lowest BCUT2D eigenvalue weighted by molar-refractivity contribution is 0.101. The predicted octanol–water partition coefficient (Wildman–Crippen LogP) is 2.64. The molecule has 3 heterocycles. The van der Waals surface area contributed by atoms with E-state index in [4.69, 9.17) is 4.42 Å². The van der Waals surface area contributed by atoms with Gasteiger partial charge in [0, 0.05) is 24.2 Å². The molecular weight excluding hydrogens is 320 g/mol. The number of aromatic nitrogens is 4. The van der Waals surface area contributed by atoms with E-state index >= 15 is 0 Å². The van der Waals surface area contributed by atoms with Gasteiger partial charge < -0.3 is 4.42 Å². The number of hydrogen-bond donors (Lipinski definition) is 0. The molecule has 0 bridgehead atoms. The minimum absolute atomic E-state index is 0.134. The van der Waals surface area contributed by atoms with Crippen molar-refractivity contribution in [3.8, 4) is 17.3 Å². The van der Waals surface area contributed by atoms with E-state index < -0.39 is 5.63 Å². The lowest BCUT2D eigenvalue weighted by Gasteiger charge is -2.08. The largest absolute Gasteiger partial charge is 0.403 e. The highest BCUT2D eigenvalue weighted by Gasteiger charge is 2.17. The van der Waals surface area contributed by atoms with E-state index in [0.29, 0.717) is 22.5 Å². The normalized spacial score (nSPS) is 10.9. The average Bonchev–Trinajstić information content (AvgIpc) is 3.15. The Bertz CT molecular complexity index is 1150. The third-order valence-electron chi connectivity index (χ3n) is 3.80. The van der Waals surface area contributed by atoms with Gasteiger partial charge in [0.05, 0.1) is 16.5 Å². The fraction of sp³-hybridized carbons (Fsp3) is 0.0556. The summed E-state index contributed by atoms with van der Waals surface area (Å²) in [6, 6.07) is 8.44. The van der Waals surface area contributed by atoms with Crippen LogP contribution in [0.1, 0.15) is 17.3 Å². The molecule has 0 unspecified atom stereocenters. The van der Waals surface area contributed by atoms with Crippen molar-refractivity contribution in [1.82, 2.24) is 19.5 Å². The molecule has 0 aliphatic rings. The molecule has 4 aromatic rings. The maximum absolute atomic E-state index is 12.5. The molecule has 0 N–H and O–H groups in total. The van der Waals surface area contributed by atoms with Crippen molar-refractivity contribution in [2.75, 3.05) is 0 Å². The monoisotopic (exact) mass is 332 g/mol. The average molecular weight is 332 g/mol. The molecule has 0 aliphatic heterocycles. The minimum Gasteiger partial charge on any atom is -0.403 e. The second-order valence-corrected chi connectivity index (χ2v) is 5.41. The number of imidazole rings is 1. The molecule has 25 heavy (non-hydrogen) atoms. The molecule has 0 saturated heterocycles. The summed E-state index contributed by atoms with van der Waals surface area (Å²) >= 11 is 0.